The minimum absolute atomic E-state index is 0. The van der Waals surface area contributed by atoms with E-state index in [0.717, 1.165) is 48.2 Å². The average molecular weight is 513 g/mol. The Labute approximate surface area is 191 Å². The first-order valence-electron chi connectivity index (χ1n) is 9.37. The minimum atomic E-state index is 0. The molecule has 0 heterocycles. The van der Waals surface area contributed by atoms with Gasteiger partial charge in [-0.25, -0.2) is 0 Å². The normalized spacial score (nSPS) is 10.7. The van der Waals surface area contributed by atoms with Crippen LogP contribution in [-0.4, -0.2) is 52.8 Å². The lowest BCUT2D eigenvalue weighted by molar-refractivity contribution is 0.382. The second kappa shape index (κ2) is 13.1. The molecule has 0 fully saturated rings. The van der Waals surface area contributed by atoms with Crippen LogP contribution in [-0.2, 0) is 13.0 Å². The molecule has 0 saturated carbocycles. The Bertz CT molecular complexity index is 766. The molecular weight excluding hydrogens is 481 g/mol. The van der Waals surface area contributed by atoms with Gasteiger partial charge in [-0.3, -0.25) is 4.99 Å². The van der Waals surface area contributed by atoms with Gasteiger partial charge in [-0.1, -0.05) is 12.1 Å². The van der Waals surface area contributed by atoms with E-state index in [1.807, 2.05) is 37.4 Å². The summed E-state index contributed by atoms with van der Waals surface area (Å²) in [6, 6.07) is 14.1. The van der Waals surface area contributed by atoms with Crippen molar-refractivity contribution in [1.82, 2.24) is 10.2 Å². The number of nitrogens with zero attached hydrogens (tertiary/aromatic N) is 2. The lowest BCUT2D eigenvalue weighted by Gasteiger charge is -2.23. The van der Waals surface area contributed by atoms with Gasteiger partial charge in [0.25, 0.3) is 0 Å². The van der Waals surface area contributed by atoms with Crippen molar-refractivity contribution in [2.24, 2.45) is 4.99 Å². The zero-order valence-corrected chi connectivity index (χ0v) is 20.2. The predicted molar refractivity (Wildman–Crippen MR) is 129 cm³/mol. The molecule has 0 aliphatic rings. The fraction of sp³-hybridized carbons (Fsp3) is 0.409. The summed E-state index contributed by atoms with van der Waals surface area (Å²) >= 11 is 0. The molecule has 0 saturated heterocycles. The fourth-order valence-corrected chi connectivity index (χ4v) is 2.98. The Morgan fingerprint density at radius 3 is 2.21 bits per heavy atom. The molecule has 0 aliphatic heterocycles. The number of aryl methyl sites for hydroxylation is 1. The van der Waals surface area contributed by atoms with Crippen LogP contribution in [0.3, 0.4) is 0 Å². The molecule has 7 heteroatoms. The smallest absolute Gasteiger partial charge is 0.193 e. The maximum absolute atomic E-state index is 5.49. The summed E-state index contributed by atoms with van der Waals surface area (Å²) in [6.45, 7) is 1.54. The molecule has 0 aromatic heterocycles. The summed E-state index contributed by atoms with van der Waals surface area (Å²) in [6.07, 6.45) is 2.02. The molecule has 0 spiro atoms. The zero-order chi connectivity index (χ0) is 20.4. The van der Waals surface area contributed by atoms with Gasteiger partial charge in [-0.2, -0.15) is 0 Å². The molecule has 2 aromatic carbocycles. The van der Waals surface area contributed by atoms with Gasteiger partial charge in [0, 0.05) is 38.8 Å². The molecule has 2 rings (SSSR count). The van der Waals surface area contributed by atoms with E-state index in [1.54, 1.807) is 28.4 Å². The van der Waals surface area contributed by atoms with E-state index in [9.17, 15) is 0 Å². The lowest BCUT2D eigenvalue weighted by Crippen LogP contribution is -2.39. The third kappa shape index (κ3) is 7.64. The van der Waals surface area contributed by atoms with Gasteiger partial charge in [0.15, 0.2) is 5.96 Å². The summed E-state index contributed by atoms with van der Waals surface area (Å²) in [7, 11) is 8.82. The van der Waals surface area contributed by atoms with E-state index in [2.05, 4.69) is 27.3 Å². The third-order valence-corrected chi connectivity index (χ3v) is 4.56. The molecule has 0 bridgehead atoms. The van der Waals surface area contributed by atoms with Crippen LogP contribution >= 0.6 is 24.0 Å². The molecule has 6 nitrogen and oxygen atoms in total. The van der Waals surface area contributed by atoms with Crippen molar-refractivity contribution in [3.8, 4) is 17.2 Å². The molecule has 1 N–H and O–H groups in total. The Hall–Kier alpha value is -2.16. The van der Waals surface area contributed by atoms with Gasteiger partial charge in [-0.05, 0) is 42.7 Å². The standard InChI is InChI=1S/C22H31N3O3.HI/c1-23-22(24-14-6-7-17-8-11-19(26-3)12-9-17)25(2)16-18-10-13-20(27-4)15-21(18)28-5;/h8-13,15H,6-7,14,16H2,1-5H3,(H,23,24);1H. The Morgan fingerprint density at radius 2 is 1.62 bits per heavy atom. The molecule has 0 amide bonds. The van der Waals surface area contributed by atoms with Gasteiger partial charge in [0.05, 0.1) is 21.3 Å². The number of rotatable bonds is 9. The van der Waals surface area contributed by atoms with E-state index < -0.39 is 0 Å². The van der Waals surface area contributed by atoms with Gasteiger partial charge < -0.3 is 24.4 Å². The number of benzene rings is 2. The Morgan fingerprint density at radius 1 is 0.966 bits per heavy atom. The monoisotopic (exact) mass is 513 g/mol. The number of halogens is 1. The number of nitrogens with one attached hydrogen (secondary N) is 1. The maximum atomic E-state index is 5.49. The van der Waals surface area contributed by atoms with Crippen molar-refractivity contribution in [3.63, 3.8) is 0 Å². The molecule has 0 aliphatic carbocycles. The van der Waals surface area contributed by atoms with Crippen LogP contribution in [0.15, 0.2) is 47.5 Å². The lowest BCUT2D eigenvalue weighted by atomic mass is 10.1. The maximum Gasteiger partial charge on any atom is 0.193 e. The van der Waals surface area contributed by atoms with Crippen LogP contribution in [0.5, 0.6) is 17.2 Å². The Balaban J connectivity index is 0.00000420. The topological polar surface area (TPSA) is 55.3 Å². The van der Waals surface area contributed by atoms with Crippen LogP contribution in [0.1, 0.15) is 17.5 Å². The van der Waals surface area contributed by atoms with Crippen molar-refractivity contribution in [3.05, 3.63) is 53.6 Å². The highest BCUT2D eigenvalue weighted by Gasteiger charge is 2.11. The number of hydrogen-bond donors (Lipinski definition) is 1. The SMILES string of the molecule is CN=C(NCCCc1ccc(OC)cc1)N(C)Cc1ccc(OC)cc1OC.I. The van der Waals surface area contributed by atoms with Crippen LogP contribution in [0.2, 0.25) is 0 Å². The van der Waals surface area contributed by atoms with Crippen molar-refractivity contribution in [2.75, 3.05) is 42.0 Å². The summed E-state index contributed by atoms with van der Waals surface area (Å²) in [4.78, 5) is 6.47. The molecule has 0 unspecified atom stereocenters. The highest BCUT2D eigenvalue weighted by molar-refractivity contribution is 14.0. The first-order valence-corrected chi connectivity index (χ1v) is 9.37. The zero-order valence-electron chi connectivity index (χ0n) is 17.9. The van der Waals surface area contributed by atoms with Crippen molar-refractivity contribution < 1.29 is 14.2 Å². The van der Waals surface area contributed by atoms with E-state index in [1.165, 1.54) is 5.56 Å². The largest absolute Gasteiger partial charge is 0.497 e. The highest BCUT2D eigenvalue weighted by atomic mass is 127. The summed E-state index contributed by atoms with van der Waals surface area (Å²) in [5.41, 5.74) is 2.38. The van der Waals surface area contributed by atoms with E-state index in [4.69, 9.17) is 14.2 Å². The van der Waals surface area contributed by atoms with Crippen LogP contribution in [0.25, 0.3) is 0 Å². The Kier molecular flexibility index (Phi) is 11.3. The minimum Gasteiger partial charge on any atom is -0.497 e. The van der Waals surface area contributed by atoms with Gasteiger partial charge in [-0.15, -0.1) is 24.0 Å². The predicted octanol–water partition coefficient (Wildman–Crippen LogP) is 3.97. The van der Waals surface area contributed by atoms with E-state index in [-0.39, 0.29) is 24.0 Å². The van der Waals surface area contributed by atoms with Crippen molar-refractivity contribution in [1.29, 1.82) is 0 Å². The summed E-state index contributed by atoms with van der Waals surface area (Å²) in [5, 5.41) is 3.43. The second-order valence-electron chi connectivity index (χ2n) is 6.46. The number of methoxy groups -OCH3 is 3. The number of guanidine groups is 1. The third-order valence-electron chi connectivity index (χ3n) is 4.56. The van der Waals surface area contributed by atoms with Crippen molar-refractivity contribution >= 4 is 29.9 Å². The second-order valence-corrected chi connectivity index (χ2v) is 6.46. The summed E-state index contributed by atoms with van der Waals surface area (Å²) in [5.74, 6) is 3.33. The van der Waals surface area contributed by atoms with Crippen LogP contribution in [0.4, 0.5) is 0 Å². The van der Waals surface area contributed by atoms with Gasteiger partial charge >= 0.3 is 0 Å². The molecule has 29 heavy (non-hydrogen) atoms. The van der Waals surface area contributed by atoms with Crippen LogP contribution in [0, 0.1) is 0 Å². The average Bonchev–Trinajstić information content (AvgIpc) is 2.74. The first kappa shape index (κ1) is 24.9. The fourth-order valence-electron chi connectivity index (χ4n) is 2.98. The quantitative estimate of drug-likeness (QED) is 0.238. The van der Waals surface area contributed by atoms with Gasteiger partial charge in [0.1, 0.15) is 17.2 Å². The molecule has 0 radical (unpaired) electrons. The van der Waals surface area contributed by atoms with E-state index >= 15 is 0 Å². The molecule has 0 atom stereocenters. The molecular formula is C22H32IN3O3. The molecule has 2 aromatic rings. The van der Waals surface area contributed by atoms with Crippen LogP contribution < -0.4 is 19.5 Å². The summed E-state index contributed by atoms with van der Waals surface area (Å²) < 4.78 is 15.9. The number of ether oxygens (including phenoxy) is 3. The van der Waals surface area contributed by atoms with E-state index in [0.29, 0.717) is 6.54 Å². The number of hydrogen-bond acceptors (Lipinski definition) is 4. The van der Waals surface area contributed by atoms with Crippen molar-refractivity contribution in [2.45, 2.75) is 19.4 Å². The number of aliphatic imine (C=N–C) groups is 1. The first-order chi connectivity index (χ1) is 13.6. The molecule has 160 valence electrons. The highest BCUT2D eigenvalue weighted by Crippen LogP contribution is 2.25. The van der Waals surface area contributed by atoms with Gasteiger partial charge in [0.2, 0.25) is 0 Å².